The van der Waals surface area contributed by atoms with Crippen LogP contribution < -0.4 is 4.74 Å². The molecule has 4 nitrogen and oxygen atoms in total. The molecule has 110 valence electrons. The molecule has 2 atom stereocenters. The summed E-state index contributed by atoms with van der Waals surface area (Å²) in [5.41, 5.74) is 0.00713. The van der Waals surface area contributed by atoms with Crippen LogP contribution in [0.3, 0.4) is 0 Å². The van der Waals surface area contributed by atoms with Crippen molar-refractivity contribution in [3.05, 3.63) is 30.3 Å². The molecule has 2 aliphatic heterocycles. The van der Waals surface area contributed by atoms with Crippen molar-refractivity contribution in [2.45, 2.75) is 24.5 Å². The third-order valence-electron chi connectivity index (χ3n) is 4.23. The van der Waals surface area contributed by atoms with Crippen LogP contribution in [0.1, 0.15) is 12.8 Å². The van der Waals surface area contributed by atoms with Gasteiger partial charge in [-0.25, -0.2) is 0 Å². The summed E-state index contributed by atoms with van der Waals surface area (Å²) >= 11 is 0. The molecule has 0 aliphatic carbocycles. The van der Waals surface area contributed by atoms with Gasteiger partial charge in [0, 0.05) is 33.2 Å². The van der Waals surface area contributed by atoms with E-state index in [0.29, 0.717) is 6.61 Å². The average Bonchev–Trinajstić information content (AvgIpc) is 3.05. The Morgan fingerprint density at radius 1 is 1.35 bits per heavy atom. The van der Waals surface area contributed by atoms with Gasteiger partial charge < -0.3 is 14.2 Å². The van der Waals surface area contributed by atoms with Crippen LogP contribution in [0.4, 0.5) is 0 Å². The molecule has 0 aromatic heterocycles. The van der Waals surface area contributed by atoms with Crippen molar-refractivity contribution in [1.29, 1.82) is 0 Å². The normalized spacial score (nSPS) is 30.1. The second kappa shape index (κ2) is 6.12. The molecule has 0 amide bonds. The largest absolute Gasteiger partial charge is 0.488 e. The zero-order chi connectivity index (χ0) is 13.8. The predicted molar refractivity (Wildman–Crippen MR) is 77.1 cm³/mol. The summed E-state index contributed by atoms with van der Waals surface area (Å²) in [4.78, 5) is 2.42. The summed E-state index contributed by atoms with van der Waals surface area (Å²) < 4.78 is 17.2. The number of ether oxygens (including phenoxy) is 3. The summed E-state index contributed by atoms with van der Waals surface area (Å²) in [6, 6.07) is 10.0. The van der Waals surface area contributed by atoms with Crippen molar-refractivity contribution in [3.8, 4) is 5.75 Å². The van der Waals surface area contributed by atoms with Crippen LogP contribution in [0.5, 0.6) is 5.75 Å². The first kappa shape index (κ1) is 13.9. The molecular formula is C16H23NO3. The standard InChI is InChI=1S/C16H23NO3/c1-18-10-9-17-8-7-16(13-17)11-15(12-19-16)20-14-5-3-2-4-6-14/h2-6,15H,7-13H2,1H3. The lowest BCUT2D eigenvalue weighted by Gasteiger charge is -2.23. The third-order valence-corrected chi connectivity index (χ3v) is 4.23. The first-order chi connectivity index (χ1) is 9.80. The number of methoxy groups -OCH3 is 1. The second-order valence-corrected chi connectivity index (χ2v) is 5.77. The molecule has 2 fully saturated rings. The number of benzene rings is 1. The summed E-state index contributed by atoms with van der Waals surface area (Å²) in [6.07, 6.45) is 2.27. The Balaban J connectivity index is 1.52. The van der Waals surface area contributed by atoms with Gasteiger partial charge in [0.05, 0.1) is 18.8 Å². The fraction of sp³-hybridized carbons (Fsp3) is 0.625. The fourth-order valence-electron chi connectivity index (χ4n) is 3.19. The highest BCUT2D eigenvalue weighted by molar-refractivity contribution is 5.21. The van der Waals surface area contributed by atoms with E-state index >= 15 is 0 Å². The van der Waals surface area contributed by atoms with Gasteiger partial charge in [0.2, 0.25) is 0 Å². The molecule has 0 N–H and O–H groups in total. The Bertz CT molecular complexity index is 425. The Labute approximate surface area is 120 Å². The van der Waals surface area contributed by atoms with E-state index in [2.05, 4.69) is 4.90 Å². The minimum absolute atomic E-state index is 0.00713. The lowest BCUT2D eigenvalue weighted by Crippen LogP contribution is -2.34. The molecule has 2 saturated heterocycles. The Morgan fingerprint density at radius 2 is 2.20 bits per heavy atom. The van der Waals surface area contributed by atoms with E-state index < -0.39 is 0 Å². The van der Waals surface area contributed by atoms with E-state index in [-0.39, 0.29) is 11.7 Å². The van der Waals surface area contributed by atoms with Crippen molar-refractivity contribution >= 4 is 0 Å². The molecular weight excluding hydrogens is 254 g/mol. The van der Waals surface area contributed by atoms with Crippen LogP contribution in [-0.4, -0.2) is 56.6 Å². The van der Waals surface area contributed by atoms with Crippen LogP contribution in [-0.2, 0) is 9.47 Å². The Kier molecular flexibility index (Phi) is 4.24. The molecule has 2 aliphatic rings. The smallest absolute Gasteiger partial charge is 0.125 e. The van der Waals surface area contributed by atoms with Crippen LogP contribution >= 0.6 is 0 Å². The third kappa shape index (κ3) is 3.14. The highest BCUT2D eigenvalue weighted by Gasteiger charge is 2.46. The van der Waals surface area contributed by atoms with E-state index in [1.807, 2.05) is 30.3 Å². The van der Waals surface area contributed by atoms with E-state index in [1.165, 1.54) is 0 Å². The summed E-state index contributed by atoms with van der Waals surface area (Å²) in [6.45, 7) is 4.59. The number of para-hydroxylation sites is 1. The van der Waals surface area contributed by atoms with Gasteiger partial charge in [-0.3, -0.25) is 4.90 Å². The van der Waals surface area contributed by atoms with Gasteiger partial charge in [0.1, 0.15) is 11.9 Å². The Hall–Kier alpha value is -1.10. The molecule has 0 radical (unpaired) electrons. The van der Waals surface area contributed by atoms with Crippen LogP contribution in [0.25, 0.3) is 0 Å². The van der Waals surface area contributed by atoms with E-state index in [0.717, 1.165) is 44.8 Å². The SMILES string of the molecule is COCCN1CCC2(CC(Oc3ccccc3)CO2)C1. The summed E-state index contributed by atoms with van der Waals surface area (Å²) in [5, 5.41) is 0. The molecule has 0 bridgehead atoms. The number of likely N-dealkylation sites (tertiary alicyclic amines) is 1. The highest BCUT2D eigenvalue weighted by Crippen LogP contribution is 2.36. The topological polar surface area (TPSA) is 30.9 Å². The molecule has 3 rings (SSSR count). The zero-order valence-electron chi connectivity index (χ0n) is 12.1. The lowest BCUT2D eigenvalue weighted by molar-refractivity contribution is 0.00837. The quantitative estimate of drug-likeness (QED) is 0.823. The summed E-state index contributed by atoms with van der Waals surface area (Å²) in [7, 11) is 1.75. The van der Waals surface area contributed by atoms with Gasteiger partial charge in [-0.1, -0.05) is 18.2 Å². The van der Waals surface area contributed by atoms with Gasteiger partial charge in [0.25, 0.3) is 0 Å². The first-order valence-electron chi connectivity index (χ1n) is 7.37. The predicted octanol–water partition coefficient (Wildman–Crippen LogP) is 1.95. The van der Waals surface area contributed by atoms with Crippen molar-refractivity contribution in [2.24, 2.45) is 0 Å². The maximum atomic E-state index is 6.09. The van der Waals surface area contributed by atoms with Crippen LogP contribution in [0, 0.1) is 0 Å². The molecule has 2 heterocycles. The average molecular weight is 277 g/mol. The van der Waals surface area contributed by atoms with E-state index in [1.54, 1.807) is 7.11 Å². The number of rotatable bonds is 5. The first-order valence-corrected chi connectivity index (χ1v) is 7.37. The van der Waals surface area contributed by atoms with Gasteiger partial charge in [-0.15, -0.1) is 0 Å². The maximum absolute atomic E-state index is 6.09. The van der Waals surface area contributed by atoms with Crippen molar-refractivity contribution < 1.29 is 14.2 Å². The van der Waals surface area contributed by atoms with E-state index in [9.17, 15) is 0 Å². The minimum Gasteiger partial charge on any atom is -0.488 e. The highest BCUT2D eigenvalue weighted by atomic mass is 16.6. The van der Waals surface area contributed by atoms with Gasteiger partial charge in [-0.2, -0.15) is 0 Å². The van der Waals surface area contributed by atoms with Gasteiger partial charge >= 0.3 is 0 Å². The zero-order valence-corrected chi connectivity index (χ0v) is 12.1. The fourth-order valence-corrected chi connectivity index (χ4v) is 3.19. The molecule has 20 heavy (non-hydrogen) atoms. The van der Waals surface area contributed by atoms with Crippen molar-refractivity contribution in [2.75, 3.05) is 40.0 Å². The van der Waals surface area contributed by atoms with Gasteiger partial charge in [0.15, 0.2) is 0 Å². The number of nitrogens with zero attached hydrogens (tertiary/aromatic N) is 1. The Morgan fingerprint density at radius 3 is 3.00 bits per heavy atom. The van der Waals surface area contributed by atoms with E-state index in [4.69, 9.17) is 14.2 Å². The molecule has 0 saturated carbocycles. The second-order valence-electron chi connectivity index (χ2n) is 5.77. The van der Waals surface area contributed by atoms with Gasteiger partial charge in [-0.05, 0) is 18.6 Å². The van der Waals surface area contributed by atoms with Crippen LogP contribution in [0.15, 0.2) is 30.3 Å². The molecule has 2 unspecified atom stereocenters. The molecule has 1 aromatic rings. The maximum Gasteiger partial charge on any atom is 0.125 e. The van der Waals surface area contributed by atoms with Crippen molar-refractivity contribution in [3.63, 3.8) is 0 Å². The van der Waals surface area contributed by atoms with Crippen LogP contribution in [0.2, 0.25) is 0 Å². The summed E-state index contributed by atoms with van der Waals surface area (Å²) in [5.74, 6) is 0.937. The lowest BCUT2D eigenvalue weighted by atomic mass is 9.98. The minimum atomic E-state index is 0.00713. The van der Waals surface area contributed by atoms with Crippen molar-refractivity contribution in [1.82, 2.24) is 4.90 Å². The monoisotopic (exact) mass is 277 g/mol. The molecule has 4 heteroatoms. The molecule has 1 aromatic carbocycles. The number of hydrogen-bond acceptors (Lipinski definition) is 4. The molecule has 1 spiro atoms. The number of hydrogen-bond donors (Lipinski definition) is 0.